The number of rotatable bonds is 10. The first kappa shape index (κ1) is 49.5. The van der Waals surface area contributed by atoms with E-state index in [0.717, 1.165) is 20.9 Å². The van der Waals surface area contributed by atoms with E-state index >= 15 is 0 Å². The quantitative estimate of drug-likeness (QED) is 0.156. The van der Waals surface area contributed by atoms with Crippen molar-refractivity contribution < 1.29 is 31.2 Å². The first-order valence-corrected chi connectivity index (χ1v) is 23.7. The summed E-state index contributed by atoms with van der Waals surface area (Å²) in [7, 11) is -6.67. The van der Waals surface area contributed by atoms with E-state index in [1.807, 2.05) is 64.1 Å². The summed E-state index contributed by atoms with van der Waals surface area (Å²) < 4.78 is 60.9. The van der Waals surface area contributed by atoms with Gasteiger partial charge < -0.3 is 15.0 Å². The highest BCUT2D eigenvalue weighted by Gasteiger charge is 2.36. The minimum atomic E-state index is -3.97. The Hall–Kier alpha value is -4.14. The average molecular weight is 946 g/mol. The maximum absolute atomic E-state index is 13.5. The summed E-state index contributed by atoms with van der Waals surface area (Å²) in [6.45, 7) is 8.42. The number of sulfonamides is 2. The molecule has 324 valence electrons. The molecule has 2 aliphatic rings. The van der Waals surface area contributed by atoms with Crippen LogP contribution in [0.25, 0.3) is 0 Å². The molecule has 1 N–H and O–H groups in total. The number of amides is 1. The molecule has 2 aliphatic heterocycles. The number of hydrogen-bond donors (Lipinski definition) is 1. The largest absolute Gasteiger partial charge is 0.468 e. The van der Waals surface area contributed by atoms with Gasteiger partial charge in [-0.3, -0.25) is 9.59 Å². The van der Waals surface area contributed by atoms with Gasteiger partial charge in [0.05, 0.1) is 46.7 Å². The zero-order chi connectivity index (χ0) is 43.9. The van der Waals surface area contributed by atoms with Crippen molar-refractivity contribution in [3.05, 3.63) is 105 Å². The number of halogens is 2. The monoisotopic (exact) mass is 944 g/mol. The van der Waals surface area contributed by atoms with Gasteiger partial charge in [0.15, 0.2) is 0 Å². The molecule has 2 saturated heterocycles. The van der Waals surface area contributed by atoms with Gasteiger partial charge in [0.25, 0.3) is 0 Å². The van der Waals surface area contributed by atoms with Gasteiger partial charge >= 0.3 is 5.97 Å². The van der Waals surface area contributed by atoms with Gasteiger partial charge in [0, 0.05) is 68.4 Å². The van der Waals surface area contributed by atoms with Crippen LogP contribution >= 0.6 is 46.7 Å². The van der Waals surface area contributed by atoms with Gasteiger partial charge in [0.1, 0.15) is 6.04 Å². The fourth-order valence-corrected chi connectivity index (χ4v) is 13.0. The second-order valence-corrected chi connectivity index (χ2v) is 21.0. The standard InChI is InChI=1S/C21H22ClN3O3S2.C20H20ClN3O4S2.CH4/c1-14(2)25-7-6-24(13-21(25)26)30(27,28)20-10-16(12-23)4-5-19(20)29-18-9-15(3)8-17(22)11-18;1-13-7-15(21)10-16(8-13)29-18-4-3-14(11-22)9-19(18)30(26,27)24-6-5-23-17(12-24)20(25)28-2;/h4-5,8-11,14H,6-7,13H2,1-3H3;3-4,7-10,17,23H,5-6,12H2,1-2H3;1H4. The topological polar surface area (TPSA) is 181 Å². The van der Waals surface area contributed by atoms with E-state index in [1.165, 1.54) is 51.4 Å². The maximum Gasteiger partial charge on any atom is 0.324 e. The zero-order valence-electron chi connectivity index (χ0n) is 33.3. The number of nitrogens with one attached hydrogen (secondary N) is 1. The Labute approximate surface area is 377 Å². The highest BCUT2D eigenvalue weighted by atomic mass is 35.5. The van der Waals surface area contributed by atoms with Crippen LogP contribution in [0.1, 0.15) is 43.5 Å². The molecule has 19 heteroatoms. The Balaban J connectivity index is 0.000000264. The van der Waals surface area contributed by atoms with Gasteiger partial charge in [-0.1, -0.05) is 54.2 Å². The third kappa shape index (κ3) is 12.3. The maximum atomic E-state index is 13.5. The van der Waals surface area contributed by atoms with Crippen molar-refractivity contribution in [3.63, 3.8) is 0 Å². The number of benzene rings is 4. The highest BCUT2D eigenvalue weighted by molar-refractivity contribution is 8.00. The van der Waals surface area contributed by atoms with Crippen molar-refractivity contribution in [2.24, 2.45) is 0 Å². The molecular weight excluding hydrogens is 900 g/mol. The number of carbonyl (C=O) groups excluding carboxylic acids is 2. The Kier molecular flexibility index (Phi) is 17.3. The molecule has 4 aromatic carbocycles. The van der Waals surface area contributed by atoms with E-state index in [0.29, 0.717) is 32.9 Å². The fraction of sp³-hybridized carbons (Fsp3) is 0.333. The van der Waals surface area contributed by atoms with E-state index in [-0.39, 0.29) is 66.5 Å². The molecular formula is C42H46Cl2N6O7S4. The van der Waals surface area contributed by atoms with Crippen LogP contribution in [-0.2, 0) is 34.4 Å². The number of nitrogens with zero attached hydrogens (tertiary/aromatic N) is 5. The summed E-state index contributed by atoms with van der Waals surface area (Å²) in [5.74, 6) is -0.749. The van der Waals surface area contributed by atoms with Gasteiger partial charge in [-0.2, -0.15) is 19.1 Å². The van der Waals surface area contributed by atoms with Crippen LogP contribution in [0.15, 0.2) is 102 Å². The van der Waals surface area contributed by atoms with Crippen LogP contribution in [0.4, 0.5) is 0 Å². The third-order valence-corrected chi connectivity index (χ3v) is 15.9. The van der Waals surface area contributed by atoms with Crippen molar-refractivity contribution in [2.75, 3.05) is 46.4 Å². The van der Waals surface area contributed by atoms with E-state index in [4.69, 9.17) is 27.9 Å². The number of nitriles is 2. The molecule has 2 heterocycles. The van der Waals surface area contributed by atoms with Crippen molar-refractivity contribution >= 4 is 78.6 Å². The van der Waals surface area contributed by atoms with Crippen molar-refractivity contribution in [3.8, 4) is 12.1 Å². The Morgan fingerprint density at radius 2 is 1.28 bits per heavy atom. The first-order chi connectivity index (χ1) is 28.4. The average Bonchev–Trinajstić information content (AvgIpc) is 3.20. The second kappa shape index (κ2) is 21.3. The van der Waals surface area contributed by atoms with Crippen molar-refractivity contribution in [1.82, 2.24) is 18.8 Å². The van der Waals surface area contributed by atoms with Gasteiger partial charge in [0.2, 0.25) is 26.0 Å². The molecule has 13 nitrogen and oxygen atoms in total. The van der Waals surface area contributed by atoms with Crippen LogP contribution in [0.5, 0.6) is 0 Å². The molecule has 0 bridgehead atoms. The van der Waals surface area contributed by atoms with Crippen LogP contribution in [0, 0.1) is 36.5 Å². The van der Waals surface area contributed by atoms with Crippen molar-refractivity contribution in [2.45, 2.75) is 76.6 Å². The molecule has 4 aromatic rings. The van der Waals surface area contributed by atoms with Gasteiger partial charge in [-0.15, -0.1) is 0 Å². The van der Waals surface area contributed by atoms with Crippen molar-refractivity contribution in [1.29, 1.82) is 10.5 Å². The van der Waals surface area contributed by atoms with E-state index in [1.54, 1.807) is 41.3 Å². The third-order valence-electron chi connectivity index (χ3n) is 9.34. The first-order valence-electron chi connectivity index (χ1n) is 18.5. The summed E-state index contributed by atoms with van der Waals surface area (Å²) in [5.41, 5.74) is 2.39. The Morgan fingerprint density at radius 1 is 0.787 bits per heavy atom. The summed E-state index contributed by atoms with van der Waals surface area (Å²) in [4.78, 5) is 28.6. The summed E-state index contributed by atoms with van der Waals surface area (Å²) in [6, 6.07) is 23.4. The normalized spacial score (nSPS) is 16.1. The molecule has 0 saturated carbocycles. The molecule has 0 aromatic heterocycles. The van der Waals surface area contributed by atoms with Crippen LogP contribution in [0.2, 0.25) is 10.0 Å². The molecule has 1 unspecified atom stereocenters. The lowest BCUT2D eigenvalue weighted by Gasteiger charge is -2.36. The van der Waals surface area contributed by atoms with Crippen LogP contribution < -0.4 is 5.32 Å². The van der Waals surface area contributed by atoms with E-state index < -0.39 is 32.1 Å². The lowest BCUT2D eigenvalue weighted by atomic mass is 10.2. The predicted molar refractivity (Wildman–Crippen MR) is 238 cm³/mol. The Morgan fingerprint density at radius 3 is 1.70 bits per heavy atom. The summed E-state index contributed by atoms with van der Waals surface area (Å²) in [5, 5.41) is 22.6. The lowest BCUT2D eigenvalue weighted by Crippen LogP contribution is -2.55. The van der Waals surface area contributed by atoms with Crippen LogP contribution in [0.3, 0.4) is 0 Å². The number of ether oxygens (including phenoxy) is 1. The van der Waals surface area contributed by atoms with E-state index in [2.05, 4.69) is 5.32 Å². The number of carbonyl (C=O) groups is 2. The molecule has 6 rings (SSSR count). The lowest BCUT2D eigenvalue weighted by molar-refractivity contribution is -0.143. The van der Waals surface area contributed by atoms with E-state index in [9.17, 15) is 36.9 Å². The number of hydrogen-bond acceptors (Lipinski definition) is 12. The molecule has 0 radical (unpaired) electrons. The van der Waals surface area contributed by atoms with Crippen LogP contribution in [-0.4, -0.2) is 101 Å². The fourth-order valence-electron chi connectivity index (χ4n) is 6.44. The predicted octanol–water partition coefficient (Wildman–Crippen LogP) is 7.36. The summed E-state index contributed by atoms with van der Waals surface area (Å²) in [6.07, 6.45) is 0. The molecule has 61 heavy (non-hydrogen) atoms. The Bertz CT molecular complexity index is 2560. The minimum Gasteiger partial charge on any atom is -0.468 e. The number of methoxy groups -OCH3 is 1. The smallest absolute Gasteiger partial charge is 0.324 e. The van der Waals surface area contributed by atoms with Gasteiger partial charge in [-0.05, 0) is 112 Å². The highest BCUT2D eigenvalue weighted by Crippen LogP contribution is 2.38. The molecule has 0 spiro atoms. The molecule has 1 atom stereocenters. The molecule has 1 amide bonds. The molecule has 0 aliphatic carbocycles. The number of esters is 1. The number of aryl methyl sites for hydroxylation is 2. The summed E-state index contributed by atoms with van der Waals surface area (Å²) >= 11 is 14.8. The minimum absolute atomic E-state index is 0. The van der Waals surface area contributed by atoms with Gasteiger partial charge in [-0.25, -0.2) is 16.8 Å². The molecule has 2 fully saturated rings. The number of piperazine rings is 2. The SMILES string of the molecule is C.COC(=O)C1CN(S(=O)(=O)c2cc(C#N)ccc2Sc2cc(C)cc(Cl)c2)CCN1.Cc1cc(Cl)cc(Sc2ccc(C#N)cc2S(=O)(=O)N2CCN(C(C)C)C(=O)C2)c1. The zero-order valence-corrected chi connectivity index (χ0v) is 38.1. The second-order valence-electron chi connectivity index (χ2n) is 14.1.